The maximum absolute atomic E-state index is 10.3. The van der Waals surface area contributed by atoms with E-state index in [-0.39, 0.29) is 12.7 Å². The number of ether oxygens (including phenoxy) is 1. The van der Waals surface area contributed by atoms with Gasteiger partial charge in [-0.3, -0.25) is 0 Å². The minimum absolute atomic E-state index is 0.0634. The zero-order valence-electron chi connectivity index (χ0n) is 13.9. The Morgan fingerprint density at radius 3 is 2.74 bits per heavy atom. The molecule has 4 atom stereocenters. The minimum atomic E-state index is -0.473. The molecular weight excluding hydrogens is 314 g/mol. The van der Waals surface area contributed by atoms with Gasteiger partial charge in [0.2, 0.25) is 0 Å². The second-order valence-corrected chi connectivity index (χ2v) is 6.93. The summed E-state index contributed by atoms with van der Waals surface area (Å²) in [5.41, 5.74) is 1.06. The SMILES string of the molecule is C[C@H](OC[C@@H](O)C[NH+]1CCCC[C@@H]1CCO)c1ccc(Cl)cc1. The van der Waals surface area contributed by atoms with E-state index in [1.165, 1.54) is 17.7 Å². The third-order valence-corrected chi connectivity index (χ3v) is 4.98. The van der Waals surface area contributed by atoms with Crippen LogP contribution < -0.4 is 4.90 Å². The van der Waals surface area contributed by atoms with Crippen LogP contribution in [0, 0.1) is 0 Å². The molecule has 3 N–H and O–H groups in total. The molecule has 0 radical (unpaired) electrons. The van der Waals surface area contributed by atoms with Crippen molar-refractivity contribution < 1.29 is 19.8 Å². The number of aliphatic hydroxyl groups excluding tert-OH is 2. The van der Waals surface area contributed by atoms with Crippen LogP contribution in [0.2, 0.25) is 5.02 Å². The number of benzene rings is 1. The number of halogens is 1. The molecule has 1 aliphatic heterocycles. The van der Waals surface area contributed by atoms with Crippen molar-refractivity contribution in [1.29, 1.82) is 0 Å². The van der Waals surface area contributed by atoms with E-state index < -0.39 is 6.10 Å². The molecule has 4 nitrogen and oxygen atoms in total. The van der Waals surface area contributed by atoms with E-state index in [9.17, 15) is 10.2 Å². The average Bonchev–Trinajstić information content (AvgIpc) is 2.55. The molecule has 1 fully saturated rings. The molecule has 0 spiro atoms. The lowest BCUT2D eigenvalue weighted by molar-refractivity contribution is -0.934. The van der Waals surface area contributed by atoms with E-state index in [1.54, 1.807) is 0 Å². The van der Waals surface area contributed by atoms with E-state index in [2.05, 4.69) is 0 Å². The van der Waals surface area contributed by atoms with Gasteiger partial charge in [-0.1, -0.05) is 23.7 Å². The first-order chi connectivity index (χ1) is 11.1. The Labute approximate surface area is 144 Å². The third-order valence-electron chi connectivity index (χ3n) is 4.73. The van der Waals surface area contributed by atoms with E-state index in [1.807, 2.05) is 31.2 Å². The third kappa shape index (κ3) is 6.05. The predicted octanol–water partition coefficient (Wildman–Crippen LogP) is 1.60. The summed E-state index contributed by atoms with van der Waals surface area (Å²) in [5, 5.41) is 20.2. The van der Waals surface area contributed by atoms with Crippen LogP contribution >= 0.6 is 11.6 Å². The lowest BCUT2D eigenvalue weighted by Crippen LogP contribution is -3.17. The number of nitrogens with one attached hydrogen (secondary N) is 1. The highest BCUT2D eigenvalue weighted by atomic mass is 35.5. The Hall–Kier alpha value is -0.650. The molecule has 0 aliphatic carbocycles. The molecule has 1 heterocycles. The van der Waals surface area contributed by atoms with Gasteiger partial charge in [0.05, 0.1) is 25.3 Å². The molecule has 1 saturated heterocycles. The molecule has 130 valence electrons. The van der Waals surface area contributed by atoms with Gasteiger partial charge in [-0.2, -0.15) is 0 Å². The van der Waals surface area contributed by atoms with Gasteiger partial charge >= 0.3 is 0 Å². The fourth-order valence-corrected chi connectivity index (χ4v) is 3.50. The summed E-state index contributed by atoms with van der Waals surface area (Å²) >= 11 is 5.89. The standard InChI is InChI=1S/C18H28ClNO3/c1-14(15-5-7-16(19)8-6-15)23-13-18(22)12-20-10-3-2-4-17(20)9-11-21/h5-8,14,17-18,21-22H,2-4,9-13H2,1H3/p+1/t14-,17+,18-/m0/s1. The van der Waals surface area contributed by atoms with Gasteiger partial charge in [-0.05, 0) is 43.9 Å². The summed E-state index contributed by atoms with van der Waals surface area (Å²) in [6.07, 6.45) is 3.86. The van der Waals surface area contributed by atoms with Crippen molar-refractivity contribution in [1.82, 2.24) is 0 Å². The summed E-state index contributed by atoms with van der Waals surface area (Å²) in [6, 6.07) is 8.07. The second-order valence-electron chi connectivity index (χ2n) is 6.50. The van der Waals surface area contributed by atoms with Crippen LogP contribution in [0.25, 0.3) is 0 Å². The van der Waals surface area contributed by atoms with Crippen LogP contribution in [0.1, 0.15) is 44.3 Å². The minimum Gasteiger partial charge on any atom is -0.396 e. The first-order valence-corrected chi connectivity index (χ1v) is 8.98. The molecule has 1 aliphatic rings. The number of aliphatic hydroxyl groups is 2. The number of quaternary nitrogens is 1. The lowest BCUT2D eigenvalue weighted by Gasteiger charge is -2.33. The van der Waals surface area contributed by atoms with Gasteiger partial charge in [0.15, 0.2) is 0 Å². The maximum atomic E-state index is 10.3. The van der Waals surface area contributed by atoms with Gasteiger partial charge in [0.1, 0.15) is 12.6 Å². The highest BCUT2D eigenvalue weighted by Gasteiger charge is 2.27. The van der Waals surface area contributed by atoms with Crippen LogP contribution in [0.3, 0.4) is 0 Å². The largest absolute Gasteiger partial charge is 0.396 e. The van der Waals surface area contributed by atoms with Crippen LogP contribution in [0.5, 0.6) is 0 Å². The molecule has 1 unspecified atom stereocenters. The molecule has 1 aromatic carbocycles. The van der Waals surface area contributed by atoms with Crippen molar-refractivity contribution in [2.24, 2.45) is 0 Å². The number of likely N-dealkylation sites (tertiary alicyclic amines) is 1. The van der Waals surface area contributed by atoms with Gasteiger partial charge in [-0.15, -0.1) is 0 Å². The molecule has 2 rings (SSSR count). The first-order valence-electron chi connectivity index (χ1n) is 8.60. The molecular formula is C18H29ClNO3+. The van der Waals surface area contributed by atoms with Gasteiger partial charge < -0.3 is 19.8 Å². The van der Waals surface area contributed by atoms with Crippen molar-refractivity contribution in [2.45, 2.75) is 50.9 Å². The summed E-state index contributed by atoms with van der Waals surface area (Å²) in [6.45, 7) is 4.32. The average molecular weight is 343 g/mol. The fraction of sp³-hybridized carbons (Fsp3) is 0.667. The fourth-order valence-electron chi connectivity index (χ4n) is 3.37. The zero-order chi connectivity index (χ0) is 16.7. The second kappa shape index (κ2) is 9.60. The van der Waals surface area contributed by atoms with Crippen molar-refractivity contribution in [3.8, 4) is 0 Å². The summed E-state index contributed by atoms with van der Waals surface area (Å²) in [5.74, 6) is 0. The zero-order valence-corrected chi connectivity index (χ0v) is 14.6. The molecule has 0 bridgehead atoms. The summed E-state index contributed by atoms with van der Waals surface area (Å²) in [4.78, 5) is 1.40. The Morgan fingerprint density at radius 1 is 1.30 bits per heavy atom. The van der Waals surface area contributed by atoms with Crippen molar-refractivity contribution >= 4 is 11.6 Å². The molecule has 5 heteroatoms. The highest BCUT2D eigenvalue weighted by Crippen LogP contribution is 2.19. The summed E-state index contributed by atoms with van der Waals surface area (Å²) < 4.78 is 5.81. The van der Waals surface area contributed by atoms with E-state index in [0.29, 0.717) is 24.2 Å². The van der Waals surface area contributed by atoms with Crippen LogP contribution in [-0.4, -0.2) is 48.7 Å². The Kier molecular flexibility index (Phi) is 7.80. The normalized spacial score (nSPS) is 24.3. The van der Waals surface area contributed by atoms with E-state index in [4.69, 9.17) is 16.3 Å². The van der Waals surface area contributed by atoms with Crippen LogP contribution in [-0.2, 0) is 4.74 Å². The summed E-state index contributed by atoms with van der Waals surface area (Å²) in [7, 11) is 0. The Balaban J connectivity index is 1.77. The lowest BCUT2D eigenvalue weighted by atomic mass is 9.99. The van der Waals surface area contributed by atoms with E-state index >= 15 is 0 Å². The smallest absolute Gasteiger partial charge is 0.126 e. The molecule has 0 amide bonds. The number of hydrogen-bond acceptors (Lipinski definition) is 3. The first kappa shape index (κ1) is 18.7. The van der Waals surface area contributed by atoms with Crippen molar-refractivity contribution in [2.75, 3.05) is 26.3 Å². The molecule has 1 aromatic rings. The van der Waals surface area contributed by atoms with Crippen LogP contribution in [0.4, 0.5) is 0 Å². The number of hydrogen-bond donors (Lipinski definition) is 3. The van der Waals surface area contributed by atoms with Crippen molar-refractivity contribution in [3.63, 3.8) is 0 Å². The quantitative estimate of drug-likeness (QED) is 0.672. The van der Waals surface area contributed by atoms with Crippen LogP contribution in [0.15, 0.2) is 24.3 Å². The highest BCUT2D eigenvalue weighted by molar-refractivity contribution is 6.30. The van der Waals surface area contributed by atoms with Crippen molar-refractivity contribution in [3.05, 3.63) is 34.9 Å². The topological polar surface area (TPSA) is 54.1 Å². The molecule has 0 aromatic heterocycles. The number of rotatable bonds is 8. The monoisotopic (exact) mass is 342 g/mol. The van der Waals surface area contributed by atoms with Gasteiger partial charge in [0.25, 0.3) is 0 Å². The Bertz CT molecular complexity index is 452. The number of piperidine rings is 1. The molecule has 0 saturated carbocycles. The van der Waals surface area contributed by atoms with Gasteiger partial charge in [0, 0.05) is 18.1 Å². The maximum Gasteiger partial charge on any atom is 0.126 e. The predicted molar refractivity (Wildman–Crippen MR) is 91.9 cm³/mol. The van der Waals surface area contributed by atoms with E-state index in [0.717, 1.165) is 24.9 Å². The molecule has 23 heavy (non-hydrogen) atoms. The Morgan fingerprint density at radius 2 is 2.04 bits per heavy atom. The van der Waals surface area contributed by atoms with Gasteiger partial charge in [-0.25, -0.2) is 0 Å².